The molecular formula is C13H18N2O3S. The van der Waals surface area contributed by atoms with E-state index in [4.69, 9.17) is 0 Å². The van der Waals surface area contributed by atoms with Crippen molar-refractivity contribution in [3.8, 4) is 0 Å². The number of thioether (sulfide) groups is 1. The SMILES string of the molecule is O=C(NCCN1C(=O)CSC1=O)C1CC2CCC1C2. The van der Waals surface area contributed by atoms with Crippen molar-refractivity contribution < 1.29 is 14.4 Å². The minimum Gasteiger partial charge on any atom is -0.354 e. The van der Waals surface area contributed by atoms with E-state index < -0.39 is 0 Å². The molecule has 19 heavy (non-hydrogen) atoms. The molecule has 1 N–H and O–H groups in total. The smallest absolute Gasteiger partial charge is 0.288 e. The molecule has 0 spiro atoms. The van der Waals surface area contributed by atoms with E-state index in [-0.39, 0.29) is 28.7 Å². The summed E-state index contributed by atoms with van der Waals surface area (Å²) in [5, 5.41) is 2.69. The third-order valence-electron chi connectivity index (χ3n) is 4.55. The van der Waals surface area contributed by atoms with Gasteiger partial charge in [0, 0.05) is 19.0 Å². The average molecular weight is 282 g/mol. The third kappa shape index (κ3) is 2.50. The number of fused-ring (bicyclic) bond motifs is 2. The van der Waals surface area contributed by atoms with Crippen LogP contribution in [0.3, 0.4) is 0 Å². The zero-order chi connectivity index (χ0) is 13.4. The van der Waals surface area contributed by atoms with Gasteiger partial charge in [-0.15, -0.1) is 0 Å². The van der Waals surface area contributed by atoms with E-state index in [2.05, 4.69) is 5.32 Å². The number of nitrogens with one attached hydrogen (secondary N) is 1. The second-order valence-electron chi connectivity index (χ2n) is 5.67. The monoisotopic (exact) mass is 282 g/mol. The van der Waals surface area contributed by atoms with Crippen LogP contribution in [-0.4, -0.2) is 40.8 Å². The van der Waals surface area contributed by atoms with E-state index in [1.54, 1.807) is 0 Å². The fraction of sp³-hybridized carbons (Fsp3) is 0.769. The molecule has 0 aromatic rings. The van der Waals surface area contributed by atoms with Gasteiger partial charge in [0.15, 0.2) is 0 Å². The normalized spacial score (nSPS) is 33.3. The van der Waals surface area contributed by atoms with Gasteiger partial charge in [0.25, 0.3) is 5.24 Å². The Morgan fingerprint density at radius 1 is 1.32 bits per heavy atom. The molecule has 2 aliphatic carbocycles. The number of hydrogen-bond donors (Lipinski definition) is 1. The van der Waals surface area contributed by atoms with Crippen LogP contribution in [0.5, 0.6) is 0 Å². The summed E-state index contributed by atoms with van der Waals surface area (Å²) in [6.45, 7) is 0.683. The summed E-state index contributed by atoms with van der Waals surface area (Å²) in [5.41, 5.74) is 0. The van der Waals surface area contributed by atoms with Crippen molar-refractivity contribution >= 4 is 28.8 Å². The lowest BCUT2D eigenvalue weighted by molar-refractivity contribution is -0.128. The van der Waals surface area contributed by atoms with E-state index in [0.29, 0.717) is 19.0 Å². The maximum atomic E-state index is 12.1. The standard InChI is InChI=1S/C13H18N2O3S/c16-11-7-19-13(18)15(11)4-3-14-12(17)10-6-8-1-2-9(10)5-8/h8-10H,1-7H2,(H,14,17). The number of hydrogen-bond acceptors (Lipinski definition) is 4. The first-order chi connectivity index (χ1) is 9.15. The Morgan fingerprint density at radius 3 is 2.74 bits per heavy atom. The van der Waals surface area contributed by atoms with Gasteiger partial charge in [0.1, 0.15) is 0 Å². The first-order valence-electron chi connectivity index (χ1n) is 6.90. The van der Waals surface area contributed by atoms with Gasteiger partial charge in [0.05, 0.1) is 5.75 Å². The lowest BCUT2D eigenvalue weighted by Crippen LogP contribution is -2.40. The van der Waals surface area contributed by atoms with Crippen molar-refractivity contribution in [1.29, 1.82) is 0 Å². The fourth-order valence-corrected chi connectivity index (χ4v) is 4.34. The molecule has 2 saturated carbocycles. The molecule has 1 saturated heterocycles. The lowest BCUT2D eigenvalue weighted by Gasteiger charge is -2.21. The predicted molar refractivity (Wildman–Crippen MR) is 71.5 cm³/mol. The summed E-state index contributed by atoms with van der Waals surface area (Å²) >= 11 is 1.03. The van der Waals surface area contributed by atoms with Crippen molar-refractivity contribution in [1.82, 2.24) is 10.2 Å². The van der Waals surface area contributed by atoms with Crippen LogP contribution in [0.1, 0.15) is 25.7 Å². The Hall–Kier alpha value is -1.04. The first-order valence-corrected chi connectivity index (χ1v) is 7.88. The van der Waals surface area contributed by atoms with Crippen molar-refractivity contribution in [3.05, 3.63) is 0 Å². The number of carbonyl (C=O) groups excluding carboxylic acids is 3. The van der Waals surface area contributed by atoms with Crippen molar-refractivity contribution in [2.24, 2.45) is 17.8 Å². The quantitative estimate of drug-likeness (QED) is 0.842. The van der Waals surface area contributed by atoms with Crippen molar-refractivity contribution in [2.75, 3.05) is 18.8 Å². The largest absolute Gasteiger partial charge is 0.354 e. The highest BCUT2D eigenvalue weighted by Crippen LogP contribution is 2.48. The summed E-state index contributed by atoms with van der Waals surface area (Å²) in [7, 11) is 0. The Bertz CT molecular complexity index is 410. The van der Waals surface area contributed by atoms with Crippen LogP contribution in [0.4, 0.5) is 4.79 Å². The van der Waals surface area contributed by atoms with Gasteiger partial charge < -0.3 is 5.32 Å². The molecule has 0 aromatic carbocycles. The molecule has 6 heteroatoms. The van der Waals surface area contributed by atoms with Crippen LogP contribution in [0.2, 0.25) is 0 Å². The molecule has 3 fully saturated rings. The van der Waals surface area contributed by atoms with Crippen LogP contribution in [0, 0.1) is 17.8 Å². The van der Waals surface area contributed by atoms with Crippen LogP contribution >= 0.6 is 11.8 Å². The van der Waals surface area contributed by atoms with E-state index in [0.717, 1.165) is 24.1 Å². The van der Waals surface area contributed by atoms with Gasteiger partial charge in [-0.05, 0) is 31.1 Å². The number of carbonyl (C=O) groups is 3. The second kappa shape index (κ2) is 5.15. The summed E-state index contributed by atoms with van der Waals surface area (Å²) in [6.07, 6.45) is 4.69. The van der Waals surface area contributed by atoms with Crippen molar-refractivity contribution in [2.45, 2.75) is 25.7 Å². The topological polar surface area (TPSA) is 66.5 Å². The molecule has 0 radical (unpaired) electrons. The molecular weight excluding hydrogens is 264 g/mol. The van der Waals surface area contributed by atoms with Crippen LogP contribution < -0.4 is 5.32 Å². The highest BCUT2D eigenvalue weighted by atomic mass is 32.2. The lowest BCUT2D eigenvalue weighted by atomic mass is 9.88. The summed E-state index contributed by atoms with van der Waals surface area (Å²) in [6, 6.07) is 0. The van der Waals surface area contributed by atoms with Crippen LogP contribution in [-0.2, 0) is 9.59 Å². The summed E-state index contributed by atoms with van der Waals surface area (Å²) in [4.78, 5) is 36.1. The first kappa shape index (κ1) is 13.0. The Labute approximate surface area is 116 Å². The number of nitrogens with zero attached hydrogens (tertiary/aromatic N) is 1. The zero-order valence-electron chi connectivity index (χ0n) is 10.8. The Kier molecular flexibility index (Phi) is 3.52. The zero-order valence-corrected chi connectivity index (χ0v) is 11.6. The molecule has 3 unspecified atom stereocenters. The molecule has 3 atom stereocenters. The molecule has 104 valence electrons. The van der Waals surface area contributed by atoms with Crippen LogP contribution in [0.25, 0.3) is 0 Å². The van der Waals surface area contributed by atoms with Gasteiger partial charge in [-0.25, -0.2) is 0 Å². The van der Waals surface area contributed by atoms with E-state index >= 15 is 0 Å². The molecule has 3 rings (SSSR count). The van der Waals surface area contributed by atoms with Gasteiger partial charge in [0.2, 0.25) is 11.8 Å². The fourth-order valence-electron chi connectivity index (χ4n) is 3.58. The summed E-state index contributed by atoms with van der Waals surface area (Å²) < 4.78 is 0. The average Bonchev–Trinajstić information content (AvgIpc) is 3.09. The van der Waals surface area contributed by atoms with Gasteiger partial charge in [-0.2, -0.15) is 0 Å². The molecule has 5 nitrogen and oxygen atoms in total. The molecule has 1 aliphatic heterocycles. The maximum Gasteiger partial charge on any atom is 0.288 e. The minimum absolute atomic E-state index is 0.110. The maximum absolute atomic E-state index is 12.1. The van der Waals surface area contributed by atoms with Gasteiger partial charge >= 0.3 is 0 Å². The second-order valence-corrected chi connectivity index (χ2v) is 6.60. The number of amides is 3. The van der Waals surface area contributed by atoms with Crippen LogP contribution in [0.15, 0.2) is 0 Å². The highest BCUT2D eigenvalue weighted by Gasteiger charge is 2.42. The highest BCUT2D eigenvalue weighted by molar-refractivity contribution is 8.14. The van der Waals surface area contributed by atoms with Gasteiger partial charge in [-0.1, -0.05) is 18.2 Å². The Morgan fingerprint density at radius 2 is 2.16 bits per heavy atom. The third-order valence-corrected chi connectivity index (χ3v) is 5.41. The number of rotatable bonds is 4. The molecule has 3 amide bonds. The molecule has 0 aromatic heterocycles. The Balaban J connectivity index is 1.44. The minimum atomic E-state index is -0.195. The predicted octanol–water partition coefficient (Wildman–Crippen LogP) is 1.23. The van der Waals surface area contributed by atoms with Crippen molar-refractivity contribution in [3.63, 3.8) is 0 Å². The van der Waals surface area contributed by atoms with E-state index in [1.807, 2.05) is 0 Å². The van der Waals surface area contributed by atoms with E-state index in [9.17, 15) is 14.4 Å². The van der Waals surface area contributed by atoms with E-state index in [1.165, 1.54) is 24.2 Å². The molecule has 2 bridgehead atoms. The van der Waals surface area contributed by atoms with Gasteiger partial charge in [-0.3, -0.25) is 19.3 Å². The summed E-state index contributed by atoms with van der Waals surface area (Å²) in [5.74, 6) is 1.68. The number of imide groups is 1. The molecule has 3 aliphatic rings. The molecule has 1 heterocycles.